The monoisotopic (exact) mass is 758 g/mol. The summed E-state index contributed by atoms with van der Waals surface area (Å²) in [4.78, 5) is 0. The molecule has 0 saturated heterocycles. The molecule has 0 atom stereocenters. The van der Waals surface area contributed by atoms with Gasteiger partial charge in [-0.25, -0.2) is 0 Å². The van der Waals surface area contributed by atoms with Crippen molar-refractivity contribution in [1.29, 1.82) is 0 Å². The first-order valence-corrected chi connectivity index (χ1v) is 20.8. The van der Waals surface area contributed by atoms with Crippen molar-refractivity contribution in [3.63, 3.8) is 0 Å². The van der Waals surface area contributed by atoms with E-state index >= 15 is 0 Å². The number of allylic oxidation sites excluding steroid dienone is 5. The second-order valence-electron chi connectivity index (χ2n) is 16.0. The van der Waals surface area contributed by atoms with Gasteiger partial charge in [-0.15, -0.1) is 0 Å². The normalized spacial score (nSPS) is 13.5. The summed E-state index contributed by atoms with van der Waals surface area (Å²) in [6.07, 6.45) is 0. The van der Waals surface area contributed by atoms with Crippen LogP contribution in [-0.4, -0.2) is 0 Å². The molecule has 12 rings (SSSR count). The Morgan fingerprint density at radius 1 is 0.150 bits per heavy atom. The molecule has 0 fully saturated rings. The highest BCUT2D eigenvalue weighted by Crippen LogP contribution is 2.62. The Hall–Kier alpha value is -7.80. The van der Waals surface area contributed by atoms with Crippen LogP contribution in [0.4, 0.5) is 0 Å². The first-order chi connectivity index (χ1) is 29.8. The van der Waals surface area contributed by atoms with E-state index in [1.165, 1.54) is 121 Å². The van der Waals surface area contributed by atoms with Gasteiger partial charge in [0.15, 0.2) is 0 Å². The quantitative estimate of drug-likeness (QED) is 0.158. The smallest absolute Gasteiger partial charge is 0.000137 e. The molecule has 0 aliphatic heterocycles. The Kier molecular flexibility index (Phi) is 7.96. The summed E-state index contributed by atoms with van der Waals surface area (Å²) in [6, 6.07) is 85.3. The molecule has 60 heavy (non-hydrogen) atoms. The van der Waals surface area contributed by atoms with Crippen molar-refractivity contribution in [2.45, 2.75) is 0 Å². The van der Waals surface area contributed by atoms with Crippen LogP contribution in [0.25, 0.3) is 82.4 Å². The summed E-state index contributed by atoms with van der Waals surface area (Å²) in [5, 5.41) is 7.42. The van der Waals surface area contributed by atoms with E-state index in [0.717, 1.165) is 0 Å². The number of rotatable bonds is 6. The molecule has 10 aromatic carbocycles. The molecule has 2 aliphatic rings. The van der Waals surface area contributed by atoms with Crippen molar-refractivity contribution in [1.82, 2.24) is 0 Å². The van der Waals surface area contributed by atoms with Gasteiger partial charge in [0, 0.05) is 0 Å². The van der Waals surface area contributed by atoms with E-state index in [1.54, 1.807) is 0 Å². The summed E-state index contributed by atoms with van der Waals surface area (Å²) < 4.78 is 0. The summed E-state index contributed by atoms with van der Waals surface area (Å²) in [6.45, 7) is 0. The van der Waals surface area contributed by atoms with Crippen LogP contribution in [0.1, 0.15) is 33.4 Å². The minimum atomic E-state index is 1.21. The molecule has 0 heterocycles. The lowest BCUT2D eigenvalue weighted by Crippen LogP contribution is -1.97. The standard InChI is InChI=1S/C60H38/c1-4-19-42(20-5-1)51-37-53-54(38-52(51)43-21-6-2-7-22-43)59-56(44-23-8-3-9-24-44)57(49-32-29-40-17-11-14-26-46(40)35-49)58(50-33-30-41-18-12-15-27-47(41)36-50)60(59)55(53)48-31-28-39-16-10-13-25-45(39)34-48/h1-38H. The van der Waals surface area contributed by atoms with Gasteiger partial charge >= 0.3 is 0 Å². The summed E-state index contributed by atoms with van der Waals surface area (Å²) in [5.74, 6) is 0. The van der Waals surface area contributed by atoms with Crippen LogP contribution in [0, 0.1) is 0 Å². The highest BCUT2D eigenvalue weighted by Gasteiger charge is 2.41. The molecule has 0 nitrogen and oxygen atoms in total. The Morgan fingerprint density at radius 2 is 0.467 bits per heavy atom. The third-order valence-corrected chi connectivity index (χ3v) is 12.5. The summed E-state index contributed by atoms with van der Waals surface area (Å²) in [5.41, 5.74) is 19.9. The highest BCUT2D eigenvalue weighted by molar-refractivity contribution is 6.39. The Balaban J connectivity index is 1.28. The molecule has 10 aromatic rings. The van der Waals surface area contributed by atoms with Crippen LogP contribution >= 0.6 is 0 Å². The fraction of sp³-hybridized carbons (Fsp3) is 0. The largest absolute Gasteiger partial charge is 0.0622 e. The zero-order chi connectivity index (χ0) is 39.6. The Labute approximate surface area is 350 Å². The molecule has 2 aliphatic carbocycles. The number of hydrogen-bond donors (Lipinski definition) is 0. The Bertz CT molecular complexity index is 3430. The van der Waals surface area contributed by atoms with Crippen LogP contribution in [-0.2, 0) is 0 Å². The Morgan fingerprint density at radius 3 is 0.900 bits per heavy atom. The lowest BCUT2D eigenvalue weighted by Gasteiger charge is -2.19. The van der Waals surface area contributed by atoms with Gasteiger partial charge in [-0.1, -0.05) is 200 Å². The topological polar surface area (TPSA) is 0 Å². The molecule has 0 saturated carbocycles. The fourth-order valence-electron chi connectivity index (χ4n) is 9.81. The second kappa shape index (κ2) is 13.9. The summed E-state index contributed by atoms with van der Waals surface area (Å²) >= 11 is 0. The van der Waals surface area contributed by atoms with E-state index in [-0.39, 0.29) is 0 Å². The van der Waals surface area contributed by atoms with Gasteiger partial charge < -0.3 is 0 Å². The van der Waals surface area contributed by atoms with Crippen molar-refractivity contribution in [3.05, 3.63) is 269 Å². The zero-order valence-corrected chi connectivity index (χ0v) is 32.9. The molecule has 0 N–H and O–H groups in total. The van der Waals surface area contributed by atoms with E-state index < -0.39 is 0 Å². The first-order valence-electron chi connectivity index (χ1n) is 20.8. The van der Waals surface area contributed by atoms with Crippen molar-refractivity contribution in [2.24, 2.45) is 0 Å². The highest BCUT2D eigenvalue weighted by atomic mass is 14.4. The zero-order valence-electron chi connectivity index (χ0n) is 32.9. The van der Waals surface area contributed by atoms with E-state index in [0.29, 0.717) is 0 Å². The van der Waals surface area contributed by atoms with E-state index in [1.807, 2.05) is 0 Å². The third kappa shape index (κ3) is 5.53. The van der Waals surface area contributed by atoms with Crippen molar-refractivity contribution in [2.75, 3.05) is 0 Å². The lowest BCUT2D eigenvalue weighted by atomic mass is 9.84. The predicted octanol–water partition coefficient (Wildman–Crippen LogP) is 15.8. The van der Waals surface area contributed by atoms with Crippen LogP contribution in [0.15, 0.2) is 236 Å². The minimum absolute atomic E-state index is 1.21. The predicted molar refractivity (Wildman–Crippen MR) is 255 cm³/mol. The van der Waals surface area contributed by atoms with Gasteiger partial charge in [-0.3, -0.25) is 0 Å². The molecular weight excluding hydrogens is 721 g/mol. The second-order valence-corrected chi connectivity index (χ2v) is 16.0. The molecular formula is C60H38. The van der Waals surface area contributed by atoms with E-state index in [9.17, 15) is 0 Å². The molecule has 278 valence electrons. The van der Waals surface area contributed by atoms with Gasteiger partial charge in [0.1, 0.15) is 0 Å². The van der Waals surface area contributed by atoms with Crippen molar-refractivity contribution >= 4 is 60.2 Å². The van der Waals surface area contributed by atoms with Crippen LogP contribution < -0.4 is 0 Å². The van der Waals surface area contributed by atoms with Crippen LogP contribution in [0.3, 0.4) is 0 Å². The molecule has 0 heteroatoms. The average Bonchev–Trinajstić information content (AvgIpc) is 3.84. The van der Waals surface area contributed by atoms with E-state index in [4.69, 9.17) is 0 Å². The van der Waals surface area contributed by atoms with E-state index in [2.05, 4.69) is 231 Å². The first kappa shape index (κ1) is 34.3. The van der Waals surface area contributed by atoms with Crippen molar-refractivity contribution in [3.8, 4) is 22.3 Å². The molecule has 0 aromatic heterocycles. The maximum Gasteiger partial charge on any atom is -0.000137 e. The van der Waals surface area contributed by atoms with Crippen molar-refractivity contribution < 1.29 is 0 Å². The molecule has 0 amide bonds. The van der Waals surface area contributed by atoms with Gasteiger partial charge in [0.05, 0.1) is 0 Å². The molecule has 0 bridgehead atoms. The fourth-order valence-corrected chi connectivity index (χ4v) is 9.81. The third-order valence-electron chi connectivity index (χ3n) is 12.5. The molecule has 0 radical (unpaired) electrons. The maximum absolute atomic E-state index is 2.50. The minimum Gasteiger partial charge on any atom is -0.0622 e. The van der Waals surface area contributed by atoms with Crippen LogP contribution in [0.5, 0.6) is 0 Å². The van der Waals surface area contributed by atoms with Gasteiger partial charge in [-0.05, 0) is 152 Å². The molecule has 0 spiro atoms. The number of benzene rings is 10. The number of hydrogen-bond acceptors (Lipinski definition) is 0. The summed E-state index contributed by atoms with van der Waals surface area (Å²) in [7, 11) is 0. The maximum atomic E-state index is 2.50. The lowest BCUT2D eigenvalue weighted by molar-refractivity contribution is 1.52. The van der Waals surface area contributed by atoms with Gasteiger partial charge in [0.2, 0.25) is 0 Å². The molecule has 0 unspecified atom stereocenters. The SMILES string of the molecule is c1ccc(C2=C3C(=C(c4ccc5ccccc5c4)c4cc(-c5ccccc5)c(-c5ccccc5)cc43)C(c3ccc4ccccc4c3)=C2c2ccc3ccccc3c2)cc1. The average molecular weight is 759 g/mol. The van der Waals surface area contributed by atoms with Gasteiger partial charge in [-0.2, -0.15) is 0 Å². The van der Waals surface area contributed by atoms with Gasteiger partial charge in [0.25, 0.3) is 0 Å². The number of fused-ring (bicyclic) bond motifs is 6. The van der Waals surface area contributed by atoms with Crippen LogP contribution in [0.2, 0.25) is 0 Å².